The topological polar surface area (TPSA) is 78.8 Å². The highest BCUT2D eigenvalue weighted by molar-refractivity contribution is 8.00. The molecule has 1 aromatic carbocycles. The van der Waals surface area contributed by atoms with E-state index in [4.69, 9.17) is 10.9 Å². The summed E-state index contributed by atoms with van der Waals surface area (Å²) in [6.45, 7) is 5.76. The van der Waals surface area contributed by atoms with Crippen LogP contribution in [-0.4, -0.2) is 33.3 Å². The van der Waals surface area contributed by atoms with Crippen molar-refractivity contribution in [3.05, 3.63) is 23.8 Å². The third kappa shape index (κ3) is 4.33. The van der Waals surface area contributed by atoms with Gasteiger partial charge in [0.2, 0.25) is 0 Å². The quantitative estimate of drug-likeness (QED) is 0.247. The Bertz CT molecular complexity index is 450. The van der Waals surface area contributed by atoms with Gasteiger partial charge in [0.05, 0.1) is 6.10 Å². The highest BCUT2D eigenvalue weighted by Crippen LogP contribution is 2.34. The van der Waals surface area contributed by atoms with Crippen molar-refractivity contribution in [2.45, 2.75) is 41.9 Å². The lowest BCUT2D eigenvalue weighted by atomic mass is 10.2. The van der Waals surface area contributed by atoms with E-state index in [1.54, 1.807) is 18.7 Å². The van der Waals surface area contributed by atoms with Crippen LogP contribution in [0.3, 0.4) is 0 Å². The van der Waals surface area contributed by atoms with Crippen molar-refractivity contribution in [2.75, 3.05) is 5.75 Å². The molecule has 0 saturated carbocycles. The van der Waals surface area contributed by atoms with Crippen molar-refractivity contribution in [3.8, 4) is 0 Å². The van der Waals surface area contributed by atoms with Gasteiger partial charge in [-0.1, -0.05) is 25.1 Å². The van der Waals surface area contributed by atoms with Gasteiger partial charge in [0, 0.05) is 20.6 Å². The Morgan fingerprint density at radius 2 is 2.00 bits per heavy atom. The molecule has 19 heavy (non-hydrogen) atoms. The summed E-state index contributed by atoms with van der Waals surface area (Å²) in [4.78, 5) is 1.91. The monoisotopic (exact) mass is 300 g/mol. The summed E-state index contributed by atoms with van der Waals surface area (Å²) in [5.41, 5.74) is 6.53. The first-order valence-electron chi connectivity index (χ1n) is 6.09. The zero-order chi connectivity index (χ0) is 14.4. The summed E-state index contributed by atoms with van der Waals surface area (Å²) < 4.78 is 0. The lowest BCUT2D eigenvalue weighted by Crippen LogP contribution is -2.19. The van der Waals surface area contributed by atoms with E-state index in [1.807, 2.05) is 25.1 Å². The second kappa shape index (κ2) is 7.67. The molecule has 0 saturated heterocycles. The maximum atomic E-state index is 9.60. The zero-order valence-electron chi connectivity index (χ0n) is 11.3. The molecule has 2 atom stereocenters. The van der Waals surface area contributed by atoms with Gasteiger partial charge in [0.15, 0.2) is 5.84 Å². The number of amidine groups is 1. The maximum Gasteiger partial charge on any atom is 0.172 e. The molecule has 1 aromatic rings. The lowest BCUT2D eigenvalue weighted by molar-refractivity contribution is 0.196. The van der Waals surface area contributed by atoms with Gasteiger partial charge in [-0.3, -0.25) is 0 Å². The average molecular weight is 300 g/mol. The van der Waals surface area contributed by atoms with Crippen LogP contribution in [-0.2, 0) is 0 Å². The SMILES string of the molecule is CCSc1cccc(SC(C)C(C)O)c1/C(N)=N/O. The number of nitrogens with two attached hydrogens (primary N) is 1. The van der Waals surface area contributed by atoms with Gasteiger partial charge in [-0.05, 0) is 24.8 Å². The minimum absolute atomic E-state index is 0.0344. The number of oxime groups is 1. The Balaban J connectivity index is 3.19. The molecule has 0 spiro atoms. The van der Waals surface area contributed by atoms with Gasteiger partial charge < -0.3 is 16.0 Å². The molecular formula is C13H20N2O2S2. The number of thioether (sulfide) groups is 2. The molecule has 0 amide bonds. The number of benzene rings is 1. The highest BCUT2D eigenvalue weighted by atomic mass is 32.2. The molecule has 0 aliphatic heterocycles. The van der Waals surface area contributed by atoms with Crippen LogP contribution in [0.15, 0.2) is 33.1 Å². The highest BCUT2D eigenvalue weighted by Gasteiger charge is 2.17. The van der Waals surface area contributed by atoms with Crippen LogP contribution in [0.2, 0.25) is 0 Å². The molecule has 4 N–H and O–H groups in total. The average Bonchev–Trinajstić information content (AvgIpc) is 2.38. The zero-order valence-corrected chi connectivity index (χ0v) is 13.0. The van der Waals surface area contributed by atoms with Crippen LogP contribution in [0.5, 0.6) is 0 Å². The number of hydrogen-bond donors (Lipinski definition) is 3. The van der Waals surface area contributed by atoms with Crippen LogP contribution in [0.4, 0.5) is 0 Å². The number of rotatable bonds is 6. The molecule has 1 rings (SSSR count). The van der Waals surface area contributed by atoms with Crippen molar-refractivity contribution < 1.29 is 10.3 Å². The molecule has 6 heteroatoms. The summed E-state index contributed by atoms with van der Waals surface area (Å²) in [6, 6.07) is 5.83. The third-order valence-corrected chi connectivity index (χ3v) is 4.94. The summed E-state index contributed by atoms with van der Waals surface area (Å²) in [5.74, 6) is 1.02. The molecule has 2 unspecified atom stereocenters. The van der Waals surface area contributed by atoms with Gasteiger partial charge in [-0.15, -0.1) is 23.5 Å². The van der Waals surface area contributed by atoms with E-state index in [0.717, 1.165) is 21.1 Å². The molecule has 0 aromatic heterocycles. The van der Waals surface area contributed by atoms with E-state index in [0.29, 0.717) is 0 Å². The second-order valence-electron chi connectivity index (χ2n) is 4.11. The predicted molar refractivity (Wildman–Crippen MR) is 82.4 cm³/mol. The summed E-state index contributed by atoms with van der Waals surface area (Å²) in [6.07, 6.45) is -0.423. The minimum Gasteiger partial charge on any atom is -0.409 e. The van der Waals surface area contributed by atoms with Gasteiger partial charge in [0.25, 0.3) is 0 Å². The Morgan fingerprint density at radius 3 is 2.53 bits per heavy atom. The number of aliphatic hydroxyl groups is 1. The number of nitrogens with zero attached hydrogens (tertiary/aromatic N) is 1. The fourth-order valence-electron chi connectivity index (χ4n) is 1.49. The Hall–Kier alpha value is -0.850. The molecule has 0 aliphatic carbocycles. The van der Waals surface area contributed by atoms with Crippen LogP contribution in [0.1, 0.15) is 26.3 Å². The Labute approximate surface area is 122 Å². The molecule has 0 fully saturated rings. The predicted octanol–water partition coefficient (Wildman–Crippen LogP) is 2.75. The van der Waals surface area contributed by atoms with E-state index in [-0.39, 0.29) is 11.1 Å². The summed E-state index contributed by atoms with van der Waals surface area (Å²) in [7, 11) is 0. The molecular weight excluding hydrogens is 280 g/mol. The van der Waals surface area contributed by atoms with Crippen molar-refractivity contribution in [2.24, 2.45) is 10.9 Å². The van der Waals surface area contributed by atoms with Crippen LogP contribution in [0, 0.1) is 0 Å². The van der Waals surface area contributed by atoms with Crippen molar-refractivity contribution >= 4 is 29.4 Å². The van der Waals surface area contributed by atoms with Gasteiger partial charge >= 0.3 is 0 Å². The van der Waals surface area contributed by atoms with Crippen LogP contribution in [0.25, 0.3) is 0 Å². The Morgan fingerprint density at radius 1 is 1.37 bits per heavy atom. The molecule has 106 valence electrons. The van der Waals surface area contributed by atoms with Crippen LogP contribution >= 0.6 is 23.5 Å². The molecule has 0 radical (unpaired) electrons. The van der Waals surface area contributed by atoms with Gasteiger partial charge in [0.1, 0.15) is 0 Å². The third-order valence-electron chi connectivity index (χ3n) is 2.64. The van der Waals surface area contributed by atoms with E-state index in [2.05, 4.69) is 12.1 Å². The van der Waals surface area contributed by atoms with Crippen molar-refractivity contribution in [1.29, 1.82) is 0 Å². The normalized spacial score (nSPS) is 15.3. The summed E-state index contributed by atoms with van der Waals surface area (Å²) >= 11 is 3.17. The second-order valence-corrected chi connectivity index (χ2v) is 6.84. The first-order valence-corrected chi connectivity index (χ1v) is 7.96. The molecule has 0 aliphatic rings. The van der Waals surface area contributed by atoms with E-state index in [9.17, 15) is 5.11 Å². The molecule has 0 heterocycles. The minimum atomic E-state index is -0.423. The standard InChI is InChI=1S/C13H20N2O2S2/c1-4-18-10-6-5-7-11(12(10)13(14)15-17)19-9(3)8(2)16/h5-9,16-17H,4H2,1-3H3,(H2,14,15). The van der Waals surface area contributed by atoms with Crippen molar-refractivity contribution in [1.82, 2.24) is 0 Å². The van der Waals surface area contributed by atoms with E-state index >= 15 is 0 Å². The van der Waals surface area contributed by atoms with Gasteiger partial charge in [-0.25, -0.2) is 0 Å². The summed E-state index contributed by atoms with van der Waals surface area (Å²) in [5, 5.41) is 21.7. The van der Waals surface area contributed by atoms with E-state index in [1.165, 1.54) is 11.8 Å². The lowest BCUT2D eigenvalue weighted by Gasteiger charge is -2.18. The van der Waals surface area contributed by atoms with Crippen molar-refractivity contribution in [3.63, 3.8) is 0 Å². The molecule has 4 nitrogen and oxygen atoms in total. The first-order chi connectivity index (χ1) is 9.01. The molecule has 0 bridgehead atoms. The number of hydrogen-bond acceptors (Lipinski definition) is 5. The fourth-order valence-corrected chi connectivity index (χ4v) is 3.48. The number of aliphatic hydroxyl groups excluding tert-OH is 1. The largest absolute Gasteiger partial charge is 0.409 e. The Kier molecular flexibility index (Phi) is 6.54. The van der Waals surface area contributed by atoms with Crippen LogP contribution < -0.4 is 5.73 Å². The fraction of sp³-hybridized carbons (Fsp3) is 0.462. The smallest absolute Gasteiger partial charge is 0.172 e. The van der Waals surface area contributed by atoms with E-state index < -0.39 is 6.10 Å². The first kappa shape index (κ1) is 16.2. The maximum absolute atomic E-state index is 9.60. The van der Waals surface area contributed by atoms with Gasteiger partial charge in [-0.2, -0.15) is 0 Å².